The number of hydrogen-bond acceptors (Lipinski definition) is 7. The van der Waals surface area contributed by atoms with Gasteiger partial charge in [-0.25, -0.2) is 4.79 Å². The Balaban J connectivity index is 0.000000222. The third-order valence-electron chi connectivity index (χ3n) is 9.97. The van der Waals surface area contributed by atoms with E-state index in [1.165, 1.54) is 17.7 Å². The number of alkyl halides is 6. The summed E-state index contributed by atoms with van der Waals surface area (Å²) in [6.45, 7) is 6.02. The fourth-order valence-electron chi connectivity index (χ4n) is 6.37. The van der Waals surface area contributed by atoms with Crippen LogP contribution in [0.4, 0.5) is 26.3 Å². The number of carboxylic acids is 1. The van der Waals surface area contributed by atoms with Gasteiger partial charge in [-0.05, 0) is 118 Å². The average Bonchev–Trinajstić information content (AvgIpc) is 3.23. The molecule has 2 heterocycles. The first-order valence-electron chi connectivity index (χ1n) is 19.6. The van der Waals surface area contributed by atoms with Gasteiger partial charge < -0.3 is 30.1 Å². The minimum atomic E-state index is -4.40. The molecule has 2 aliphatic rings. The topological polar surface area (TPSA) is 139 Å². The first kappa shape index (κ1) is 47.8. The lowest BCUT2D eigenvalue weighted by molar-refractivity contribution is -0.140. The molecule has 328 valence electrons. The zero-order valence-electron chi connectivity index (χ0n) is 33.8. The van der Waals surface area contributed by atoms with E-state index in [9.17, 15) is 45.5 Å². The van der Waals surface area contributed by atoms with Crippen molar-refractivity contribution in [2.24, 2.45) is 11.7 Å². The molecule has 16 heteroatoms. The van der Waals surface area contributed by atoms with Crippen LogP contribution in [0.2, 0.25) is 0 Å². The van der Waals surface area contributed by atoms with Gasteiger partial charge in [-0.3, -0.25) is 14.4 Å². The first-order valence-corrected chi connectivity index (χ1v) is 19.6. The van der Waals surface area contributed by atoms with E-state index < -0.39 is 36.1 Å². The van der Waals surface area contributed by atoms with E-state index in [-0.39, 0.29) is 47.7 Å². The first-order chi connectivity index (χ1) is 28.8. The molecule has 2 amide bonds. The maximum atomic E-state index is 12.6. The highest BCUT2D eigenvalue weighted by Gasteiger charge is 2.31. The third-order valence-corrected chi connectivity index (χ3v) is 9.97. The molecule has 4 aromatic carbocycles. The van der Waals surface area contributed by atoms with Crippen LogP contribution >= 0.6 is 0 Å². The van der Waals surface area contributed by atoms with Crippen molar-refractivity contribution in [1.29, 1.82) is 0 Å². The van der Waals surface area contributed by atoms with Crippen LogP contribution in [-0.2, 0) is 21.9 Å². The molecule has 0 radical (unpaired) electrons. The zero-order chi connectivity index (χ0) is 44.7. The second kappa shape index (κ2) is 22.1. The van der Waals surface area contributed by atoms with Crippen molar-refractivity contribution < 1.29 is 60.1 Å². The maximum Gasteiger partial charge on any atom is 0.416 e. The molecule has 3 N–H and O–H groups in total. The molecular formula is C45H49F6N3O7. The second-order valence-corrected chi connectivity index (χ2v) is 14.9. The van der Waals surface area contributed by atoms with Crippen molar-refractivity contribution in [3.8, 4) is 11.5 Å². The number of halogens is 6. The van der Waals surface area contributed by atoms with Gasteiger partial charge in [0, 0.05) is 49.8 Å². The summed E-state index contributed by atoms with van der Waals surface area (Å²) in [6, 6.07) is 23.6. The number of aryl methyl sites for hydroxylation is 2. The number of nitrogens with zero attached hydrogens (tertiary/aromatic N) is 2. The second-order valence-electron chi connectivity index (χ2n) is 14.9. The van der Waals surface area contributed by atoms with E-state index in [1.54, 1.807) is 0 Å². The molecule has 61 heavy (non-hydrogen) atoms. The monoisotopic (exact) mass is 857 g/mol. The van der Waals surface area contributed by atoms with Crippen molar-refractivity contribution in [2.75, 3.05) is 39.4 Å². The highest BCUT2D eigenvalue weighted by Crippen LogP contribution is 2.31. The smallest absolute Gasteiger partial charge is 0.416 e. The van der Waals surface area contributed by atoms with Crippen LogP contribution in [0.25, 0.3) is 0 Å². The highest BCUT2D eigenvalue weighted by molar-refractivity contribution is 5.95. The molecule has 0 aromatic heterocycles. The number of amides is 2. The Morgan fingerprint density at radius 2 is 0.951 bits per heavy atom. The van der Waals surface area contributed by atoms with E-state index in [2.05, 4.69) is 4.74 Å². The van der Waals surface area contributed by atoms with E-state index in [1.807, 2.05) is 72.2 Å². The van der Waals surface area contributed by atoms with Gasteiger partial charge >= 0.3 is 18.3 Å². The standard InChI is InChI=1S/C23H24F3NO3.C13H18N2O.C9H7F3O3/c1-16-2-4-18(5-3-16)22(29)27-12-10-17(11-13-27)14-20(28)15-30-21-8-6-19(7-9-21)23(24,25)26;1-10-2-4-11(5-3-10)13(16)15-8-6-12(14)7-9-15;10-9(11,12)6-1-3-7(4-2-6)15-5-8(13)14/h2-9,17H,10-15H2,1H3;2-5,12H,6-9,14H2,1H3;1-4H,5H2,(H,13,14). The van der Waals surface area contributed by atoms with Gasteiger partial charge in [0.25, 0.3) is 11.8 Å². The Morgan fingerprint density at radius 3 is 1.31 bits per heavy atom. The summed E-state index contributed by atoms with van der Waals surface area (Å²) < 4.78 is 84.0. The number of hydrogen-bond donors (Lipinski definition) is 2. The Labute approximate surface area is 350 Å². The molecule has 0 atom stereocenters. The van der Waals surface area contributed by atoms with Gasteiger partial charge in [0.2, 0.25) is 0 Å². The molecular weight excluding hydrogens is 808 g/mol. The van der Waals surface area contributed by atoms with Gasteiger partial charge in [0.15, 0.2) is 12.4 Å². The Morgan fingerprint density at radius 1 is 0.590 bits per heavy atom. The van der Waals surface area contributed by atoms with Crippen molar-refractivity contribution in [3.05, 3.63) is 130 Å². The number of rotatable bonds is 10. The van der Waals surface area contributed by atoms with Crippen molar-refractivity contribution in [2.45, 2.75) is 64.3 Å². The lowest BCUT2D eigenvalue weighted by Gasteiger charge is -2.31. The summed E-state index contributed by atoms with van der Waals surface area (Å²) in [6.07, 6.45) is -5.15. The minimum Gasteiger partial charge on any atom is -0.486 e. The number of ether oxygens (including phenoxy) is 2. The molecule has 0 aliphatic carbocycles. The van der Waals surface area contributed by atoms with Crippen LogP contribution in [0.5, 0.6) is 11.5 Å². The van der Waals surface area contributed by atoms with Gasteiger partial charge in [0.1, 0.15) is 18.1 Å². The molecule has 0 spiro atoms. The zero-order valence-corrected chi connectivity index (χ0v) is 33.8. The van der Waals surface area contributed by atoms with E-state index in [4.69, 9.17) is 15.6 Å². The molecule has 2 fully saturated rings. The van der Waals surface area contributed by atoms with Crippen molar-refractivity contribution in [1.82, 2.24) is 9.80 Å². The molecule has 0 bridgehead atoms. The number of benzene rings is 4. The number of carboxylic acid groups (broad SMARTS) is 1. The number of Topliss-reactive ketones (excluding diaryl/α,β-unsaturated/α-hetero) is 1. The fraction of sp³-hybridized carbons (Fsp3) is 0.378. The SMILES string of the molecule is Cc1ccc(C(=O)N2CCC(CC(=O)COc3ccc(C(F)(F)F)cc3)CC2)cc1.Cc1ccc(C(=O)N2CCC(N)CC2)cc1.O=C(O)COc1ccc(C(F)(F)F)cc1. The summed E-state index contributed by atoms with van der Waals surface area (Å²) in [5.74, 6) is -0.651. The predicted octanol–water partition coefficient (Wildman–Crippen LogP) is 8.63. The number of nitrogens with two attached hydrogens (primary N) is 1. The lowest BCUT2D eigenvalue weighted by Crippen LogP contribution is -2.42. The largest absolute Gasteiger partial charge is 0.486 e. The minimum absolute atomic E-state index is 0.00501. The van der Waals surface area contributed by atoms with Crippen LogP contribution in [0.3, 0.4) is 0 Å². The number of carbonyl (C=O) groups is 4. The fourth-order valence-corrected chi connectivity index (χ4v) is 6.37. The van der Waals surface area contributed by atoms with Crippen LogP contribution in [0.15, 0.2) is 97.1 Å². The summed E-state index contributed by atoms with van der Waals surface area (Å²) in [7, 11) is 0. The quantitative estimate of drug-likeness (QED) is 0.151. The predicted molar refractivity (Wildman–Crippen MR) is 215 cm³/mol. The van der Waals surface area contributed by atoms with Crippen LogP contribution in [0, 0.1) is 19.8 Å². The average molecular weight is 858 g/mol. The summed E-state index contributed by atoms with van der Waals surface area (Å²) in [5, 5.41) is 8.25. The number of piperidine rings is 2. The molecule has 0 unspecified atom stereocenters. The van der Waals surface area contributed by atoms with E-state index in [0.717, 1.165) is 86.3 Å². The van der Waals surface area contributed by atoms with Gasteiger partial charge in [-0.2, -0.15) is 26.3 Å². The summed E-state index contributed by atoms with van der Waals surface area (Å²) in [4.78, 5) is 50.7. The number of aliphatic carboxylic acids is 1. The molecule has 2 aliphatic heterocycles. The molecule has 6 rings (SSSR count). The highest BCUT2D eigenvalue weighted by atomic mass is 19.4. The normalized spacial score (nSPS) is 14.8. The van der Waals surface area contributed by atoms with E-state index >= 15 is 0 Å². The Kier molecular flexibility index (Phi) is 17.3. The van der Waals surface area contributed by atoms with Crippen LogP contribution in [-0.4, -0.2) is 83.9 Å². The molecule has 2 saturated heterocycles. The Hall–Kier alpha value is -5.90. The Bertz CT molecular complexity index is 2020. The summed E-state index contributed by atoms with van der Waals surface area (Å²) >= 11 is 0. The summed E-state index contributed by atoms with van der Waals surface area (Å²) in [5.41, 5.74) is 7.98. The molecule has 4 aromatic rings. The third kappa shape index (κ3) is 15.9. The number of carbonyl (C=O) groups excluding carboxylic acids is 3. The molecule has 0 saturated carbocycles. The van der Waals surface area contributed by atoms with Gasteiger partial charge in [-0.1, -0.05) is 35.4 Å². The number of likely N-dealkylation sites (tertiary alicyclic amines) is 2. The van der Waals surface area contributed by atoms with Crippen molar-refractivity contribution in [3.63, 3.8) is 0 Å². The van der Waals surface area contributed by atoms with Gasteiger partial charge in [0.05, 0.1) is 11.1 Å². The van der Waals surface area contributed by atoms with E-state index in [0.29, 0.717) is 25.1 Å². The lowest BCUT2D eigenvalue weighted by atomic mass is 9.91. The number of ketones is 1. The van der Waals surface area contributed by atoms with Crippen LogP contribution < -0.4 is 15.2 Å². The van der Waals surface area contributed by atoms with Crippen LogP contribution in [0.1, 0.15) is 75.1 Å². The van der Waals surface area contributed by atoms with Crippen molar-refractivity contribution >= 4 is 23.6 Å². The van der Waals surface area contributed by atoms with Gasteiger partial charge in [-0.15, -0.1) is 0 Å². The maximum absolute atomic E-state index is 12.6. The molecule has 10 nitrogen and oxygen atoms in total.